The fourth-order valence-electron chi connectivity index (χ4n) is 2.91. The normalized spacial score (nSPS) is 18.4. The summed E-state index contributed by atoms with van der Waals surface area (Å²) in [5.74, 6) is 1.42. The summed E-state index contributed by atoms with van der Waals surface area (Å²) in [6.07, 6.45) is 4.18. The summed E-state index contributed by atoms with van der Waals surface area (Å²) in [6, 6.07) is 9.78. The van der Waals surface area contributed by atoms with Crippen LogP contribution in [0.15, 0.2) is 34.9 Å². The third-order valence-corrected chi connectivity index (χ3v) is 4.11. The van der Waals surface area contributed by atoms with E-state index in [4.69, 9.17) is 4.52 Å². The summed E-state index contributed by atoms with van der Waals surface area (Å²) in [7, 11) is 0. The predicted octanol–water partition coefficient (Wildman–Crippen LogP) is 2.93. The molecule has 22 heavy (non-hydrogen) atoms. The number of amides is 1. The van der Waals surface area contributed by atoms with Crippen molar-refractivity contribution in [3.63, 3.8) is 0 Å². The summed E-state index contributed by atoms with van der Waals surface area (Å²) in [5, 5.41) is 3.96. The van der Waals surface area contributed by atoms with E-state index in [1.54, 1.807) is 0 Å². The lowest BCUT2D eigenvalue weighted by atomic mass is 10.0. The molecule has 3 rings (SSSR count). The summed E-state index contributed by atoms with van der Waals surface area (Å²) < 4.78 is 5.37. The Balaban J connectivity index is 1.75. The molecule has 1 aromatic heterocycles. The van der Waals surface area contributed by atoms with Crippen molar-refractivity contribution in [3.8, 4) is 0 Å². The van der Waals surface area contributed by atoms with Crippen LogP contribution in [0.5, 0.6) is 0 Å². The summed E-state index contributed by atoms with van der Waals surface area (Å²) in [4.78, 5) is 19.0. The van der Waals surface area contributed by atoms with E-state index in [1.807, 2.05) is 42.2 Å². The standard InChI is InChI=1S/C17H21N3O2/c1-2-15-18-17(22-19-15)14-10-6-7-11-20(14)16(21)12-13-8-4-3-5-9-13/h3-5,8-9,14H,2,6-7,10-12H2,1H3/t14-/m0/s1. The molecule has 1 aliphatic heterocycles. The number of carbonyl (C=O) groups is 1. The molecule has 0 bridgehead atoms. The van der Waals surface area contributed by atoms with Crippen molar-refractivity contribution in [2.75, 3.05) is 6.54 Å². The Labute approximate surface area is 130 Å². The van der Waals surface area contributed by atoms with E-state index in [0.29, 0.717) is 18.1 Å². The molecular weight excluding hydrogens is 278 g/mol. The van der Waals surface area contributed by atoms with Gasteiger partial charge in [-0.3, -0.25) is 4.79 Å². The number of aryl methyl sites for hydroxylation is 1. The quantitative estimate of drug-likeness (QED) is 0.871. The predicted molar refractivity (Wildman–Crippen MR) is 82.1 cm³/mol. The van der Waals surface area contributed by atoms with Crippen LogP contribution >= 0.6 is 0 Å². The minimum atomic E-state index is -0.0715. The number of nitrogens with zero attached hydrogens (tertiary/aromatic N) is 3. The van der Waals surface area contributed by atoms with Crippen molar-refractivity contribution in [2.45, 2.75) is 45.1 Å². The molecule has 0 aliphatic carbocycles. The van der Waals surface area contributed by atoms with E-state index in [2.05, 4.69) is 10.1 Å². The third kappa shape index (κ3) is 3.18. The second kappa shape index (κ2) is 6.73. The highest BCUT2D eigenvalue weighted by atomic mass is 16.5. The fourth-order valence-corrected chi connectivity index (χ4v) is 2.91. The molecule has 0 N–H and O–H groups in total. The highest BCUT2D eigenvalue weighted by molar-refractivity contribution is 5.79. The Kier molecular flexibility index (Phi) is 4.51. The number of hydrogen-bond acceptors (Lipinski definition) is 4. The highest BCUT2D eigenvalue weighted by Crippen LogP contribution is 2.30. The second-order valence-corrected chi connectivity index (χ2v) is 5.66. The zero-order valence-corrected chi connectivity index (χ0v) is 12.9. The molecule has 116 valence electrons. The van der Waals surface area contributed by atoms with E-state index in [-0.39, 0.29) is 11.9 Å². The monoisotopic (exact) mass is 299 g/mol. The van der Waals surface area contributed by atoms with Gasteiger partial charge < -0.3 is 9.42 Å². The van der Waals surface area contributed by atoms with Gasteiger partial charge in [-0.1, -0.05) is 42.4 Å². The van der Waals surface area contributed by atoms with E-state index >= 15 is 0 Å². The number of hydrogen-bond donors (Lipinski definition) is 0. The first kappa shape index (κ1) is 14.8. The van der Waals surface area contributed by atoms with Crippen LogP contribution in [-0.2, 0) is 17.6 Å². The lowest BCUT2D eigenvalue weighted by Gasteiger charge is -2.33. The first-order valence-corrected chi connectivity index (χ1v) is 7.94. The molecule has 2 aromatic rings. The van der Waals surface area contributed by atoms with Crippen molar-refractivity contribution in [1.29, 1.82) is 0 Å². The lowest BCUT2D eigenvalue weighted by Crippen LogP contribution is -2.39. The molecule has 1 aromatic carbocycles. The molecule has 1 atom stereocenters. The van der Waals surface area contributed by atoms with Crippen LogP contribution in [0.3, 0.4) is 0 Å². The number of rotatable bonds is 4. The Morgan fingerprint density at radius 1 is 1.32 bits per heavy atom. The van der Waals surface area contributed by atoms with Crippen LogP contribution in [0, 0.1) is 0 Å². The Morgan fingerprint density at radius 3 is 2.86 bits per heavy atom. The molecular formula is C17H21N3O2. The van der Waals surface area contributed by atoms with Gasteiger partial charge in [-0.2, -0.15) is 4.98 Å². The largest absolute Gasteiger partial charge is 0.337 e. The van der Waals surface area contributed by atoms with Gasteiger partial charge in [-0.25, -0.2) is 0 Å². The fraction of sp³-hybridized carbons (Fsp3) is 0.471. The van der Waals surface area contributed by atoms with Crippen LogP contribution in [0.1, 0.15) is 49.5 Å². The van der Waals surface area contributed by atoms with E-state index < -0.39 is 0 Å². The average molecular weight is 299 g/mol. The second-order valence-electron chi connectivity index (χ2n) is 5.66. The van der Waals surface area contributed by atoms with Crippen molar-refractivity contribution in [3.05, 3.63) is 47.6 Å². The lowest BCUT2D eigenvalue weighted by molar-refractivity contribution is -0.135. The molecule has 1 amide bonds. The van der Waals surface area contributed by atoms with E-state index in [1.165, 1.54) is 0 Å². The molecule has 1 aliphatic rings. The smallest absolute Gasteiger partial charge is 0.249 e. The third-order valence-electron chi connectivity index (χ3n) is 4.11. The van der Waals surface area contributed by atoms with Crippen LogP contribution in [0.2, 0.25) is 0 Å². The Morgan fingerprint density at radius 2 is 2.14 bits per heavy atom. The number of benzene rings is 1. The summed E-state index contributed by atoms with van der Waals surface area (Å²) in [6.45, 7) is 2.76. The van der Waals surface area contributed by atoms with Gasteiger partial charge in [0.1, 0.15) is 6.04 Å². The first-order chi connectivity index (χ1) is 10.8. The molecule has 2 heterocycles. The minimum Gasteiger partial charge on any atom is -0.337 e. The van der Waals surface area contributed by atoms with Gasteiger partial charge in [0.2, 0.25) is 11.8 Å². The van der Waals surface area contributed by atoms with Crippen LogP contribution in [-0.4, -0.2) is 27.5 Å². The van der Waals surface area contributed by atoms with Gasteiger partial charge >= 0.3 is 0 Å². The molecule has 0 saturated carbocycles. The summed E-state index contributed by atoms with van der Waals surface area (Å²) >= 11 is 0. The number of likely N-dealkylation sites (tertiary alicyclic amines) is 1. The van der Waals surface area contributed by atoms with E-state index in [0.717, 1.165) is 37.8 Å². The van der Waals surface area contributed by atoms with E-state index in [9.17, 15) is 4.79 Å². The van der Waals surface area contributed by atoms with Crippen molar-refractivity contribution in [2.24, 2.45) is 0 Å². The van der Waals surface area contributed by atoms with Crippen molar-refractivity contribution < 1.29 is 9.32 Å². The summed E-state index contributed by atoms with van der Waals surface area (Å²) in [5.41, 5.74) is 1.04. The maximum atomic E-state index is 12.7. The highest BCUT2D eigenvalue weighted by Gasteiger charge is 2.31. The molecule has 5 heteroatoms. The SMILES string of the molecule is CCc1noc([C@@H]2CCCCN2C(=O)Cc2ccccc2)n1. The van der Waals surface area contributed by atoms with Crippen molar-refractivity contribution >= 4 is 5.91 Å². The molecule has 1 saturated heterocycles. The molecule has 0 spiro atoms. The van der Waals surface area contributed by atoms with Crippen LogP contribution in [0.4, 0.5) is 0 Å². The van der Waals surface area contributed by atoms with Gasteiger partial charge in [0.15, 0.2) is 5.82 Å². The maximum Gasteiger partial charge on any atom is 0.249 e. The Bertz CT molecular complexity index is 624. The molecule has 0 radical (unpaired) electrons. The average Bonchev–Trinajstić information content (AvgIpc) is 3.05. The van der Waals surface area contributed by atoms with Crippen molar-refractivity contribution in [1.82, 2.24) is 15.0 Å². The molecule has 1 fully saturated rings. The first-order valence-electron chi connectivity index (χ1n) is 7.94. The topological polar surface area (TPSA) is 59.2 Å². The molecule has 0 unspecified atom stereocenters. The van der Waals surface area contributed by atoms with Gasteiger partial charge in [0, 0.05) is 13.0 Å². The van der Waals surface area contributed by atoms with Gasteiger partial charge in [0.05, 0.1) is 6.42 Å². The minimum absolute atomic E-state index is 0.0715. The molecule has 5 nitrogen and oxygen atoms in total. The number of piperidine rings is 1. The zero-order chi connectivity index (χ0) is 15.4. The van der Waals surface area contributed by atoms with Gasteiger partial charge in [-0.15, -0.1) is 0 Å². The number of aromatic nitrogens is 2. The Hall–Kier alpha value is -2.17. The van der Waals surface area contributed by atoms with Crippen LogP contribution < -0.4 is 0 Å². The zero-order valence-electron chi connectivity index (χ0n) is 12.9. The number of carbonyl (C=O) groups excluding carboxylic acids is 1. The van der Waals surface area contributed by atoms with Gasteiger partial charge in [-0.05, 0) is 24.8 Å². The van der Waals surface area contributed by atoms with Gasteiger partial charge in [0.25, 0.3) is 0 Å². The van der Waals surface area contributed by atoms with Crippen LogP contribution in [0.25, 0.3) is 0 Å². The maximum absolute atomic E-state index is 12.7.